The van der Waals surface area contributed by atoms with Crippen LogP contribution in [0.25, 0.3) is 0 Å². The lowest BCUT2D eigenvalue weighted by molar-refractivity contribution is -0.381. The molecule has 1 aromatic carbocycles. The summed E-state index contributed by atoms with van der Waals surface area (Å²) in [6.45, 7) is 0. The van der Waals surface area contributed by atoms with E-state index in [0.717, 1.165) is 0 Å². The average Bonchev–Trinajstić information content (AvgIpc) is 2.94. The SMILES string of the molecule is O=C(c1ccc(Cl)cc1)c1cc(C(O)(C(F)(F)F)C(F)(F)F)on1. The summed E-state index contributed by atoms with van der Waals surface area (Å²) in [7, 11) is 0. The summed E-state index contributed by atoms with van der Waals surface area (Å²) in [6, 6.07) is 5.06. The lowest BCUT2D eigenvalue weighted by Gasteiger charge is -2.29. The molecule has 0 fully saturated rings. The van der Waals surface area contributed by atoms with Gasteiger partial charge >= 0.3 is 18.0 Å². The van der Waals surface area contributed by atoms with Crippen molar-refractivity contribution in [1.82, 2.24) is 5.16 Å². The van der Waals surface area contributed by atoms with Gasteiger partial charge in [-0.3, -0.25) is 4.79 Å². The fraction of sp³-hybridized carbons (Fsp3) is 0.231. The van der Waals surface area contributed by atoms with E-state index in [9.17, 15) is 31.1 Å². The fourth-order valence-electron chi connectivity index (χ4n) is 1.74. The molecule has 0 saturated heterocycles. The van der Waals surface area contributed by atoms with Gasteiger partial charge in [-0.1, -0.05) is 16.8 Å². The largest absolute Gasteiger partial charge is 0.433 e. The second kappa shape index (κ2) is 5.78. The van der Waals surface area contributed by atoms with Gasteiger partial charge in [0, 0.05) is 16.7 Å². The number of aliphatic hydroxyl groups is 1. The average molecular weight is 374 g/mol. The standard InChI is InChI=1S/C13H6ClF6NO3/c14-7-3-1-6(2-4-7)10(22)8-5-9(24-21-8)11(23,12(15,16)17)13(18,19)20/h1-5,23H. The summed E-state index contributed by atoms with van der Waals surface area (Å²) in [5.41, 5.74) is -6.22. The lowest BCUT2D eigenvalue weighted by Crippen LogP contribution is -2.53. The molecule has 2 aromatic rings. The number of halogens is 7. The first-order valence-corrected chi connectivity index (χ1v) is 6.39. The van der Waals surface area contributed by atoms with E-state index in [2.05, 4.69) is 9.68 Å². The van der Waals surface area contributed by atoms with E-state index in [1.165, 1.54) is 24.3 Å². The van der Waals surface area contributed by atoms with Crippen LogP contribution in [0.15, 0.2) is 34.9 Å². The van der Waals surface area contributed by atoms with Crippen molar-refractivity contribution in [2.24, 2.45) is 0 Å². The summed E-state index contributed by atoms with van der Waals surface area (Å²) in [4.78, 5) is 12.0. The monoisotopic (exact) mass is 373 g/mol. The molecule has 0 aliphatic carbocycles. The van der Waals surface area contributed by atoms with E-state index in [0.29, 0.717) is 0 Å². The summed E-state index contributed by atoms with van der Waals surface area (Å²) in [5, 5.41) is 12.3. The van der Waals surface area contributed by atoms with E-state index in [-0.39, 0.29) is 16.7 Å². The first kappa shape index (κ1) is 18.3. The van der Waals surface area contributed by atoms with Crippen LogP contribution in [-0.2, 0) is 5.60 Å². The predicted octanol–water partition coefficient (Wildman–Crippen LogP) is 3.87. The number of hydrogen-bond donors (Lipinski definition) is 1. The van der Waals surface area contributed by atoms with Crippen LogP contribution < -0.4 is 0 Å². The van der Waals surface area contributed by atoms with Crippen LogP contribution in [0.4, 0.5) is 26.3 Å². The van der Waals surface area contributed by atoms with Gasteiger partial charge in [0.15, 0.2) is 11.5 Å². The second-order valence-electron chi connectivity index (χ2n) is 4.62. The smallest absolute Gasteiger partial charge is 0.367 e. The normalized spacial score (nSPS) is 13.2. The van der Waals surface area contributed by atoms with Crippen LogP contribution in [0.2, 0.25) is 5.02 Å². The van der Waals surface area contributed by atoms with Crippen molar-refractivity contribution in [1.29, 1.82) is 0 Å². The summed E-state index contributed by atoms with van der Waals surface area (Å²) in [5.74, 6) is -2.96. The maximum Gasteiger partial charge on any atom is 0.433 e. The molecule has 4 nitrogen and oxygen atoms in total. The molecule has 0 atom stereocenters. The third-order valence-electron chi connectivity index (χ3n) is 3.03. The van der Waals surface area contributed by atoms with E-state index in [4.69, 9.17) is 16.7 Å². The van der Waals surface area contributed by atoms with Gasteiger partial charge in [0.05, 0.1) is 0 Å². The fourth-order valence-corrected chi connectivity index (χ4v) is 1.87. The van der Waals surface area contributed by atoms with Crippen LogP contribution in [0, 0.1) is 0 Å². The summed E-state index contributed by atoms with van der Waals surface area (Å²) in [6.07, 6.45) is -12.3. The van der Waals surface area contributed by atoms with Crippen molar-refractivity contribution in [3.05, 3.63) is 52.4 Å². The minimum atomic E-state index is -6.13. The summed E-state index contributed by atoms with van der Waals surface area (Å²) >= 11 is 5.60. The van der Waals surface area contributed by atoms with E-state index >= 15 is 0 Å². The van der Waals surface area contributed by atoms with Gasteiger partial charge in [-0.25, -0.2) is 0 Å². The van der Waals surface area contributed by atoms with Crippen molar-refractivity contribution < 1.29 is 40.8 Å². The van der Waals surface area contributed by atoms with Gasteiger partial charge in [-0.2, -0.15) is 26.3 Å². The van der Waals surface area contributed by atoms with Crippen LogP contribution in [-0.4, -0.2) is 28.4 Å². The zero-order chi connectivity index (χ0) is 18.3. The molecule has 0 saturated carbocycles. The molecule has 0 spiro atoms. The molecule has 0 bridgehead atoms. The third kappa shape index (κ3) is 2.98. The van der Waals surface area contributed by atoms with Crippen molar-refractivity contribution in [3.8, 4) is 0 Å². The van der Waals surface area contributed by atoms with Crippen LogP contribution in [0.3, 0.4) is 0 Å². The number of aromatic nitrogens is 1. The molecule has 1 N–H and O–H groups in total. The minimum absolute atomic E-state index is 0.0952. The molecule has 1 aromatic heterocycles. The maximum absolute atomic E-state index is 12.7. The molecule has 1 heterocycles. The second-order valence-corrected chi connectivity index (χ2v) is 5.05. The molecule has 0 aliphatic heterocycles. The van der Waals surface area contributed by atoms with Crippen LogP contribution in [0.1, 0.15) is 21.8 Å². The third-order valence-corrected chi connectivity index (χ3v) is 3.28. The highest BCUT2D eigenvalue weighted by Crippen LogP contribution is 2.50. The van der Waals surface area contributed by atoms with Gasteiger partial charge in [0.1, 0.15) is 0 Å². The van der Waals surface area contributed by atoms with E-state index in [1.54, 1.807) is 0 Å². The molecule has 0 aliphatic rings. The number of rotatable bonds is 3. The maximum atomic E-state index is 12.7. The molecule has 24 heavy (non-hydrogen) atoms. The predicted molar refractivity (Wildman–Crippen MR) is 67.4 cm³/mol. The van der Waals surface area contributed by atoms with E-state index < -0.39 is 35.2 Å². The van der Waals surface area contributed by atoms with Gasteiger partial charge < -0.3 is 9.63 Å². The zero-order valence-electron chi connectivity index (χ0n) is 11.2. The minimum Gasteiger partial charge on any atom is -0.367 e. The number of hydrogen-bond acceptors (Lipinski definition) is 4. The lowest BCUT2D eigenvalue weighted by atomic mass is 9.98. The first-order chi connectivity index (χ1) is 10.9. The van der Waals surface area contributed by atoms with Crippen LogP contribution in [0.5, 0.6) is 0 Å². The number of nitrogens with zero attached hydrogens (tertiary/aromatic N) is 1. The molecule has 2 rings (SSSR count). The highest BCUT2D eigenvalue weighted by molar-refractivity contribution is 6.30. The van der Waals surface area contributed by atoms with Crippen LogP contribution >= 0.6 is 11.6 Å². The molecule has 0 amide bonds. The molecule has 11 heteroatoms. The Morgan fingerprint density at radius 3 is 2.00 bits per heavy atom. The molecule has 0 radical (unpaired) electrons. The molecular formula is C13H6ClF6NO3. The topological polar surface area (TPSA) is 63.3 Å². The molecule has 130 valence electrons. The highest BCUT2D eigenvalue weighted by atomic mass is 35.5. The number of carbonyl (C=O) groups is 1. The van der Waals surface area contributed by atoms with Gasteiger partial charge in [0.25, 0.3) is 0 Å². The highest BCUT2D eigenvalue weighted by Gasteiger charge is 2.74. The Bertz CT molecular complexity index is 736. The Hall–Kier alpha value is -2.07. The molecular weight excluding hydrogens is 368 g/mol. The summed E-state index contributed by atoms with van der Waals surface area (Å²) < 4.78 is 80.2. The number of ketones is 1. The van der Waals surface area contributed by atoms with E-state index in [1.807, 2.05) is 0 Å². The van der Waals surface area contributed by atoms with Gasteiger partial charge in [-0.15, -0.1) is 0 Å². The van der Waals surface area contributed by atoms with Crippen molar-refractivity contribution in [2.45, 2.75) is 18.0 Å². The van der Waals surface area contributed by atoms with Crippen molar-refractivity contribution in [2.75, 3.05) is 0 Å². The zero-order valence-corrected chi connectivity index (χ0v) is 12.0. The Morgan fingerprint density at radius 2 is 1.54 bits per heavy atom. The van der Waals surface area contributed by atoms with Gasteiger partial charge in [0.2, 0.25) is 5.78 Å². The Balaban J connectivity index is 2.45. The Kier molecular flexibility index (Phi) is 4.40. The quantitative estimate of drug-likeness (QED) is 0.655. The number of carbonyl (C=O) groups excluding carboxylic acids is 1. The Labute approximate surface area is 134 Å². The number of alkyl halides is 6. The van der Waals surface area contributed by atoms with Crippen molar-refractivity contribution in [3.63, 3.8) is 0 Å². The Morgan fingerprint density at radius 1 is 1.04 bits per heavy atom. The first-order valence-electron chi connectivity index (χ1n) is 6.01. The van der Waals surface area contributed by atoms with Gasteiger partial charge in [-0.05, 0) is 24.3 Å². The van der Waals surface area contributed by atoms with Crippen molar-refractivity contribution >= 4 is 17.4 Å². The molecule has 0 unspecified atom stereocenters. The number of benzene rings is 1.